The molecule has 0 spiro atoms. The molecule has 0 aliphatic carbocycles. The van der Waals surface area contributed by atoms with E-state index in [1.54, 1.807) is 0 Å². The van der Waals surface area contributed by atoms with Crippen LogP contribution in [0.25, 0.3) is 0 Å². The molecule has 0 unspecified atom stereocenters. The average molecular weight is 264 g/mol. The predicted molar refractivity (Wildman–Crippen MR) is 83.8 cm³/mol. The average Bonchev–Trinajstić information content (AvgIpc) is 2.46. The molecule has 0 atom stereocenters. The Labute approximate surface area is 121 Å². The van der Waals surface area contributed by atoms with Crippen molar-refractivity contribution in [1.29, 1.82) is 5.26 Å². The van der Waals surface area contributed by atoms with Crippen molar-refractivity contribution >= 4 is 5.69 Å². The van der Waals surface area contributed by atoms with Crippen LogP contribution in [0.4, 0.5) is 5.69 Å². The van der Waals surface area contributed by atoms with E-state index >= 15 is 0 Å². The van der Waals surface area contributed by atoms with Gasteiger partial charge in [0, 0.05) is 6.54 Å². The first kappa shape index (κ1) is 14.1. The molecule has 0 amide bonds. The van der Waals surface area contributed by atoms with E-state index in [1.165, 1.54) is 11.1 Å². The number of benzene rings is 2. The second-order valence-electron chi connectivity index (χ2n) is 5.41. The van der Waals surface area contributed by atoms with Crippen molar-refractivity contribution in [3.63, 3.8) is 0 Å². The molecule has 0 bridgehead atoms. The molecular weight excluding hydrogens is 244 g/mol. The van der Waals surface area contributed by atoms with Gasteiger partial charge in [0.25, 0.3) is 0 Å². The van der Waals surface area contributed by atoms with E-state index in [0.717, 1.165) is 17.8 Å². The van der Waals surface area contributed by atoms with Gasteiger partial charge >= 0.3 is 0 Å². The second kappa shape index (κ2) is 6.25. The molecule has 20 heavy (non-hydrogen) atoms. The second-order valence-corrected chi connectivity index (χ2v) is 5.41. The number of aryl methyl sites for hydroxylation is 1. The lowest BCUT2D eigenvalue weighted by molar-refractivity contribution is 0.865. The Balaban J connectivity index is 2.07. The first-order chi connectivity index (χ1) is 9.60. The zero-order valence-electron chi connectivity index (χ0n) is 12.3. The number of nitriles is 1. The maximum atomic E-state index is 9.15. The van der Waals surface area contributed by atoms with Gasteiger partial charge in [-0.3, -0.25) is 0 Å². The number of anilines is 1. The molecule has 2 heteroatoms. The third kappa shape index (κ3) is 3.39. The van der Waals surface area contributed by atoms with Crippen LogP contribution in [-0.4, -0.2) is 0 Å². The summed E-state index contributed by atoms with van der Waals surface area (Å²) in [7, 11) is 0. The number of hydrogen-bond acceptors (Lipinski definition) is 2. The van der Waals surface area contributed by atoms with Crippen molar-refractivity contribution < 1.29 is 0 Å². The van der Waals surface area contributed by atoms with Gasteiger partial charge in [-0.2, -0.15) is 5.26 Å². The zero-order chi connectivity index (χ0) is 14.5. The van der Waals surface area contributed by atoms with E-state index in [4.69, 9.17) is 5.26 Å². The number of hydrogen-bond donors (Lipinski definition) is 1. The minimum absolute atomic E-state index is 0.555. The standard InChI is InChI=1S/C18H20N2/c1-13(2)16-7-5-15(6-8-16)12-20-18-9-4-14(3)10-17(18)11-19/h4-10,13,20H,12H2,1-3H3. The van der Waals surface area contributed by atoms with Crippen molar-refractivity contribution in [3.8, 4) is 6.07 Å². The minimum atomic E-state index is 0.555. The van der Waals surface area contributed by atoms with Crippen LogP contribution in [0.1, 0.15) is 42.0 Å². The molecular formula is C18H20N2. The maximum Gasteiger partial charge on any atom is 0.101 e. The third-order valence-electron chi connectivity index (χ3n) is 3.42. The van der Waals surface area contributed by atoms with Crippen molar-refractivity contribution in [3.05, 3.63) is 64.7 Å². The first-order valence-corrected chi connectivity index (χ1v) is 6.93. The van der Waals surface area contributed by atoms with E-state index in [9.17, 15) is 0 Å². The lowest BCUT2D eigenvalue weighted by Gasteiger charge is -2.10. The molecule has 102 valence electrons. The van der Waals surface area contributed by atoms with Crippen LogP contribution in [0.3, 0.4) is 0 Å². The van der Waals surface area contributed by atoms with Crippen LogP contribution in [0.15, 0.2) is 42.5 Å². The monoisotopic (exact) mass is 264 g/mol. The molecule has 2 aromatic rings. The van der Waals surface area contributed by atoms with Gasteiger partial charge in [0.2, 0.25) is 0 Å². The lowest BCUT2D eigenvalue weighted by Crippen LogP contribution is -2.01. The van der Waals surface area contributed by atoms with E-state index in [1.807, 2.05) is 25.1 Å². The smallest absolute Gasteiger partial charge is 0.101 e. The first-order valence-electron chi connectivity index (χ1n) is 6.93. The Bertz CT molecular complexity index is 619. The summed E-state index contributed by atoms with van der Waals surface area (Å²) in [6, 6.07) is 16.7. The summed E-state index contributed by atoms with van der Waals surface area (Å²) < 4.78 is 0. The molecule has 0 fully saturated rings. The van der Waals surface area contributed by atoms with Gasteiger partial charge in [-0.05, 0) is 41.7 Å². The molecule has 0 saturated heterocycles. The Morgan fingerprint density at radius 3 is 2.40 bits per heavy atom. The highest BCUT2D eigenvalue weighted by Gasteiger charge is 2.03. The quantitative estimate of drug-likeness (QED) is 0.875. The van der Waals surface area contributed by atoms with Gasteiger partial charge in [0.1, 0.15) is 6.07 Å². The Morgan fingerprint density at radius 2 is 1.80 bits per heavy atom. The topological polar surface area (TPSA) is 35.8 Å². The molecule has 2 nitrogen and oxygen atoms in total. The predicted octanol–water partition coefficient (Wildman–Crippen LogP) is 4.60. The third-order valence-corrected chi connectivity index (χ3v) is 3.42. The summed E-state index contributed by atoms with van der Waals surface area (Å²) in [5.41, 5.74) is 5.27. The van der Waals surface area contributed by atoms with Crippen LogP contribution in [-0.2, 0) is 6.54 Å². The zero-order valence-corrected chi connectivity index (χ0v) is 12.3. The lowest BCUT2D eigenvalue weighted by atomic mass is 10.0. The molecule has 0 aliphatic heterocycles. The highest BCUT2D eigenvalue weighted by molar-refractivity contribution is 5.58. The van der Waals surface area contributed by atoms with E-state index in [0.29, 0.717) is 11.5 Å². The molecule has 0 aromatic heterocycles. The highest BCUT2D eigenvalue weighted by Crippen LogP contribution is 2.18. The molecule has 0 heterocycles. The fraction of sp³-hybridized carbons (Fsp3) is 0.278. The van der Waals surface area contributed by atoms with Gasteiger partial charge in [-0.15, -0.1) is 0 Å². The van der Waals surface area contributed by atoms with Crippen molar-refractivity contribution in [2.75, 3.05) is 5.32 Å². The van der Waals surface area contributed by atoms with Crippen LogP contribution in [0.2, 0.25) is 0 Å². The summed E-state index contributed by atoms with van der Waals surface area (Å²) >= 11 is 0. The SMILES string of the molecule is Cc1ccc(NCc2ccc(C(C)C)cc2)c(C#N)c1. The molecule has 0 aliphatic rings. The van der Waals surface area contributed by atoms with E-state index in [-0.39, 0.29) is 0 Å². The fourth-order valence-electron chi connectivity index (χ4n) is 2.12. The van der Waals surface area contributed by atoms with Crippen molar-refractivity contribution in [2.45, 2.75) is 33.2 Å². The highest BCUT2D eigenvalue weighted by atomic mass is 14.9. The van der Waals surface area contributed by atoms with Crippen LogP contribution < -0.4 is 5.32 Å². The Hall–Kier alpha value is -2.27. The number of nitrogens with one attached hydrogen (secondary N) is 1. The van der Waals surface area contributed by atoms with Gasteiger partial charge in [-0.25, -0.2) is 0 Å². The van der Waals surface area contributed by atoms with Gasteiger partial charge in [0.15, 0.2) is 0 Å². The summed E-state index contributed by atoms with van der Waals surface area (Å²) in [5.74, 6) is 0.555. The van der Waals surface area contributed by atoms with Crippen LogP contribution in [0.5, 0.6) is 0 Å². The fourth-order valence-corrected chi connectivity index (χ4v) is 2.12. The molecule has 0 radical (unpaired) electrons. The minimum Gasteiger partial charge on any atom is -0.380 e. The van der Waals surface area contributed by atoms with Crippen LogP contribution >= 0.6 is 0 Å². The van der Waals surface area contributed by atoms with E-state index < -0.39 is 0 Å². The summed E-state index contributed by atoms with van der Waals surface area (Å²) in [6.07, 6.45) is 0. The van der Waals surface area contributed by atoms with Gasteiger partial charge < -0.3 is 5.32 Å². The Kier molecular flexibility index (Phi) is 4.42. The molecule has 0 saturated carbocycles. The number of rotatable bonds is 4. The van der Waals surface area contributed by atoms with Crippen molar-refractivity contribution in [2.24, 2.45) is 0 Å². The largest absolute Gasteiger partial charge is 0.380 e. The van der Waals surface area contributed by atoms with Crippen molar-refractivity contribution in [1.82, 2.24) is 0 Å². The van der Waals surface area contributed by atoms with Gasteiger partial charge in [0.05, 0.1) is 11.3 Å². The molecule has 2 aromatic carbocycles. The molecule has 2 rings (SSSR count). The van der Waals surface area contributed by atoms with Gasteiger partial charge in [-0.1, -0.05) is 44.2 Å². The maximum absolute atomic E-state index is 9.15. The van der Waals surface area contributed by atoms with Crippen LogP contribution in [0, 0.1) is 18.3 Å². The number of nitrogens with zero attached hydrogens (tertiary/aromatic N) is 1. The Morgan fingerprint density at radius 1 is 1.10 bits per heavy atom. The summed E-state index contributed by atoms with van der Waals surface area (Å²) in [5, 5.41) is 12.5. The summed E-state index contributed by atoms with van der Waals surface area (Å²) in [4.78, 5) is 0. The molecule has 1 N–H and O–H groups in total. The van der Waals surface area contributed by atoms with E-state index in [2.05, 4.69) is 49.5 Å². The summed E-state index contributed by atoms with van der Waals surface area (Å²) in [6.45, 7) is 7.11. The normalized spacial score (nSPS) is 10.3.